The Balaban J connectivity index is 2.99. The standard InChI is InChI=1S/C14H22F2N2O/c1-14(2,3)13(19-4)12(18-17)8-9-10(15)6-5-7-11(9)16/h5-7,12-13,18H,8,17H2,1-4H3. The van der Waals surface area contributed by atoms with Gasteiger partial charge in [-0.2, -0.15) is 0 Å². The smallest absolute Gasteiger partial charge is 0.129 e. The summed E-state index contributed by atoms with van der Waals surface area (Å²) >= 11 is 0. The van der Waals surface area contributed by atoms with Crippen molar-refractivity contribution in [2.75, 3.05) is 7.11 Å². The molecular weight excluding hydrogens is 250 g/mol. The van der Waals surface area contributed by atoms with E-state index in [1.54, 1.807) is 7.11 Å². The van der Waals surface area contributed by atoms with Crippen LogP contribution in [-0.2, 0) is 11.2 Å². The van der Waals surface area contributed by atoms with E-state index in [4.69, 9.17) is 10.6 Å². The number of rotatable bonds is 5. The molecule has 0 saturated heterocycles. The molecule has 0 heterocycles. The maximum absolute atomic E-state index is 13.7. The highest BCUT2D eigenvalue weighted by Crippen LogP contribution is 2.27. The predicted molar refractivity (Wildman–Crippen MR) is 71.4 cm³/mol. The number of hydrogen-bond donors (Lipinski definition) is 2. The molecular formula is C14H22F2N2O. The van der Waals surface area contributed by atoms with Crippen LogP contribution >= 0.6 is 0 Å². The Morgan fingerprint density at radius 1 is 1.26 bits per heavy atom. The Bertz CT molecular complexity index is 398. The third kappa shape index (κ3) is 3.96. The quantitative estimate of drug-likeness (QED) is 0.639. The number of methoxy groups -OCH3 is 1. The van der Waals surface area contributed by atoms with Crippen molar-refractivity contribution in [3.8, 4) is 0 Å². The Labute approximate surface area is 113 Å². The molecule has 1 rings (SSSR count). The van der Waals surface area contributed by atoms with Crippen LogP contribution in [0.5, 0.6) is 0 Å². The van der Waals surface area contributed by atoms with Gasteiger partial charge in [-0.25, -0.2) is 8.78 Å². The number of nitrogens with one attached hydrogen (secondary N) is 1. The second-order valence-electron chi connectivity index (χ2n) is 5.70. The highest BCUT2D eigenvalue weighted by molar-refractivity contribution is 5.21. The zero-order valence-electron chi connectivity index (χ0n) is 11.8. The van der Waals surface area contributed by atoms with Crippen molar-refractivity contribution < 1.29 is 13.5 Å². The monoisotopic (exact) mass is 272 g/mol. The highest BCUT2D eigenvalue weighted by Gasteiger charge is 2.32. The van der Waals surface area contributed by atoms with Gasteiger partial charge in [0.25, 0.3) is 0 Å². The predicted octanol–water partition coefficient (Wildman–Crippen LogP) is 2.40. The average molecular weight is 272 g/mol. The fourth-order valence-corrected chi connectivity index (χ4v) is 2.32. The van der Waals surface area contributed by atoms with Crippen LogP contribution in [0, 0.1) is 17.0 Å². The number of benzene rings is 1. The van der Waals surface area contributed by atoms with Gasteiger partial charge in [0.2, 0.25) is 0 Å². The normalized spacial score (nSPS) is 15.3. The lowest BCUT2D eigenvalue weighted by molar-refractivity contribution is -0.0114. The van der Waals surface area contributed by atoms with Crippen molar-refractivity contribution in [3.63, 3.8) is 0 Å². The Hall–Kier alpha value is -1.04. The van der Waals surface area contributed by atoms with Gasteiger partial charge >= 0.3 is 0 Å². The minimum atomic E-state index is -0.566. The molecule has 0 aliphatic carbocycles. The fourth-order valence-electron chi connectivity index (χ4n) is 2.32. The zero-order valence-corrected chi connectivity index (χ0v) is 11.8. The average Bonchev–Trinajstić information content (AvgIpc) is 2.31. The summed E-state index contributed by atoms with van der Waals surface area (Å²) in [7, 11) is 1.57. The molecule has 0 aromatic heterocycles. The zero-order chi connectivity index (χ0) is 14.6. The lowest BCUT2D eigenvalue weighted by atomic mass is 9.82. The van der Waals surface area contributed by atoms with Crippen molar-refractivity contribution in [1.82, 2.24) is 5.43 Å². The van der Waals surface area contributed by atoms with Gasteiger partial charge in [0.1, 0.15) is 11.6 Å². The van der Waals surface area contributed by atoms with Crippen LogP contribution in [0.3, 0.4) is 0 Å². The van der Waals surface area contributed by atoms with Gasteiger partial charge in [-0.3, -0.25) is 11.3 Å². The van der Waals surface area contributed by atoms with Gasteiger partial charge in [0, 0.05) is 12.7 Å². The van der Waals surface area contributed by atoms with Gasteiger partial charge in [0.15, 0.2) is 0 Å². The van der Waals surface area contributed by atoms with Crippen molar-refractivity contribution >= 4 is 0 Å². The SMILES string of the molecule is COC(C(Cc1c(F)cccc1F)NN)C(C)(C)C. The summed E-state index contributed by atoms with van der Waals surface area (Å²) in [6, 6.07) is 3.45. The molecule has 3 N–H and O–H groups in total. The van der Waals surface area contributed by atoms with Crippen LogP contribution in [0.4, 0.5) is 8.78 Å². The van der Waals surface area contributed by atoms with E-state index >= 15 is 0 Å². The summed E-state index contributed by atoms with van der Waals surface area (Å²) < 4.78 is 32.8. The maximum Gasteiger partial charge on any atom is 0.129 e. The summed E-state index contributed by atoms with van der Waals surface area (Å²) in [4.78, 5) is 0. The first kappa shape index (κ1) is 16.0. The number of hydrogen-bond acceptors (Lipinski definition) is 3. The first-order valence-corrected chi connectivity index (χ1v) is 6.23. The summed E-state index contributed by atoms with van der Waals surface area (Å²) in [5.74, 6) is 4.39. The fraction of sp³-hybridized carbons (Fsp3) is 0.571. The molecule has 2 atom stereocenters. The second-order valence-corrected chi connectivity index (χ2v) is 5.70. The molecule has 108 valence electrons. The minimum absolute atomic E-state index is 0.0248. The van der Waals surface area contributed by atoms with E-state index in [2.05, 4.69) is 5.43 Å². The van der Waals surface area contributed by atoms with Crippen molar-refractivity contribution in [2.45, 2.75) is 39.3 Å². The molecule has 0 fully saturated rings. The van der Waals surface area contributed by atoms with Crippen LogP contribution in [0.25, 0.3) is 0 Å². The number of nitrogens with two attached hydrogens (primary N) is 1. The van der Waals surface area contributed by atoms with E-state index in [0.717, 1.165) is 0 Å². The summed E-state index contributed by atoms with van der Waals surface area (Å²) in [6.45, 7) is 5.97. The molecule has 0 saturated carbocycles. The molecule has 19 heavy (non-hydrogen) atoms. The lowest BCUT2D eigenvalue weighted by Gasteiger charge is -2.35. The molecule has 5 heteroatoms. The van der Waals surface area contributed by atoms with E-state index in [0.29, 0.717) is 0 Å². The van der Waals surface area contributed by atoms with Crippen LogP contribution in [0.1, 0.15) is 26.3 Å². The van der Waals surface area contributed by atoms with Gasteiger partial charge in [-0.05, 0) is 24.0 Å². The molecule has 1 aromatic rings. The Morgan fingerprint density at radius 2 is 1.79 bits per heavy atom. The van der Waals surface area contributed by atoms with Crippen LogP contribution < -0.4 is 11.3 Å². The molecule has 1 aromatic carbocycles. The Morgan fingerprint density at radius 3 is 2.16 bits per heavy atom. The molecule has 3 nitrogen and oxygen atoms in total. The molecule has 2 unspecified atom stereocenters. The third-order valence-electron chi connectivity index (χ3n) is 3.17. The van der Waals surface area contributed by atoms with Gasteiger partial charge in [-0.1, -0.05) is 26.8 Å². The van der Waals surface area contributed by atoms with Crippen molar-refractivity contribution in [1.29, 1.82) is 0 Å². The van der Waals surface area contributed by atoms with E-state index in [-0.39, 0.29) is 29.5 Å². The number of ether oxygens (including phenoxy) is 1. The first-order chi connectivity index (χ1) is 8.81. The van der Waals surface area contributed by atoms with E-state index in [1.165, 1.54) is 18.2 Å². The Kier molecular flexibility index (Phi) is 5.40. The summed E-state index contributed by atoms with van der Waals surface area (Å²) in [5, 5.41) is 0. The molecule has 0 amide bonds. The third-order valence-corrected chi connectivity index (χ3v) is 3.17. The van der Waals surface area contributed by atoms with Crippen LogP contribution in [0.2, 0.25) is 0 Å². The maximum atomic E-state index is 13.7. The first-order valence-electron chi connectivity index (χ1n) is 6.23. The topological polar surface area (TPSA) is 47.3 Å². The number of halogens is 2. The van der Waals surface area contributed by atoms with Crippen LogP contribution in [0.15, 0.2) is 18.2 Å². The van der Waals surface area contributed by atoms with E-state index < -0.39 is 11.6 Å². The molecule has 0 bridgehead atoms. The van der Waals surface area contributed by atoms with Gasteiger partial charge in [0.05, 0.1) is 12.1 Å². The number of hydrazine groups is 1. The largest absolute Gasteiger partial charge is 0.379 e. The van der Waals surface area contributed by atoms with Gasteiger partial charge < -0.3 is 4.74 Å². The van der Waals surface area contributed by atoms with Gasteiger partial charge in [-0.15, -0.1) is 0 Å². The molecule has 0 aliphatic rings. The second kappa shape index (κ2) is 6.41. The molecule has 0 spiro atoms. The molecule has 0 aliphatic heterocycles. The summed E-state index contributed by atoms with van der Waals surface area (Å²) in [5.41, 5.74) is 2.43. The van der Waals surface area contributed by atoms with E-state index in [9.17, 15) is 8.78 Å². The van der Waals surface area contributed by atoms with Crippen LogP contribution in [-0.4, -0.2) is 19.3 Å². The van der Waals surface area contributed by atoms with Crippen molar-refractivity contribution in [2.24, 2.45) is 11.3 Å². The minimum Gasteiger partial charge on any atom is -0.379 e. The summed E-state index contributed by atoms with van der Waals surface area (Å²) in [6.07, 6.45) is -0.137. The lowest BCUT2D eigenvalue weighted by Crippen LogP contribution is -2.51. The van der Waals surface area contributed by atoms with E-state index in [1.807, 2.05) is 20.8 Å². The molecule has 0 radical (unpaired) electrons. The highest BCUT2D eigenvalue weighted by atomic mass is 19.1. The van der Waals surface area contributed by atoms with Crippen molar-refractivity contribution in [3.05, 3.63) is 35.4 Å².